The molecule has 0 radical (unpaired) electrons. The number of fused-ring (bicyclic) bond motifs is 1. The van der Waals surface area contributed by atoms with Crippen molar-refractivity contribution in [3.8, 4) is 0 Å². The van der Waals surface area contributed by atoms with E-state index in [9.17, 15) is 0 Å². The molecule has 0 saturated heterocycles. The minimum Gasteiger partial charge on any atom is -0.408 e. The average Bonchev–Trinajstić information content (AvgIpc) is 2.27. The van der Waals surface area contributed by atoms with Gasteiger partial charge in [-0.1, -0.05) is 17.7 Å². The van der Waals surface area contributed by atoms with Crippen LogP contribution in [0.4, 0.5) is 0 Å². The molecule has 4 heteroatoms. The SMILES string of the molecule is [S-]c1nc2cc(Cl)ccc2s1. The molecular formula is C7H3ClNS2-. The fourth-order valence-electron chi connectivity index (χ4n) is 0.879. The number of aromatic nitrogens is 1. The molecule has 0 fully saturated rings. The van der Waals surface area contributed by atoms with Crippen LogP contribution in [0, 0.1) is 0 Å². The lowest BCUT2D eigenvalue weighted by Gasteiger charge is -1.90. The first-order valence-electron chi connectivity index (χ1n) is 2.99. The monoisotopic (exact) mass is 200 g/mol. The molecule has 56 valence electrons. The molecule has 2 aromatic rings. The van der Waals surface area contributed by atoms with Gasteiger partial charge in [-0.15, -0.1) is 0 Å². The molecule has 0 atom stereocenters. The van der Waals surface area contributed by atoms with Gasteiger partial charge >= 0.3 is 0 Å². The molecule has 1 nitrogen and oxygen atoms in total. The third kappa shape index (κ3) is 1.31. The maximum Gasteiger partial charge on any atom is 0.0615 e. The summed E-state index contributed by atoms with van der Waals surface area (Å²) in [6.07, 6.45) is 0. The first-order chi connectivity index (χ1) is 5.25. The van der Waals surface area contributed by atoms with Gasteiger partial charge in [0.25, 0.3) is 0 Å². The molecule has 0 bridgehead atoms. The van der Waals surface area contributed by atoms with E-state index in [1.54, 1.807) is 0 Å². The lowest BCUT2D eigenvalue weighted by Crippen LogP contribution is -1.67. The Kier molecular flexibility index (Phi) is 1.71. The van der Waals surface area contributed by atoms with Crippen LogP contribution in [0.1, 0.15) is 0 Å². The lowest BCUT2D eigenvalue weighted by atomic mass is 10.3. The van der Waals surface area contributed by atoms with Crippen molar-refractivity contribution in [2.45, 2.75) is 4.34 Å². The summed E-state index contributed by atoms with van der Waals surface area (Å²) >= 11 is 12.2. The maximum atomic E-state index is 5.76. The van der Waals surface area contributed by atoms with Crippen LogP contribution in [0.15, 0.2) is 22.5 Å². The number of hydrogen-bond acceptors (Lipinski definition) is 3. The van der Waals surface area contributed by atoms with Crippen LogP contribution in [0.3, 0.4) is 0 Å². The van der Waals surface area contributed by atoms with Gasteiger partial charge in [0, 0.05) is 5.02 Å². The molecule has 0 unspecified atom stereocenters. The largest absolute Gasteiger partial charge is 0.408 e. The highest BCUT2D eigenvalue weighted by molar-refractivity contribution is 7.63. The Morgan fingerprint density at radius 3 is 3.09 bits per heavy atom. The second-order valence-corrected chi connectivity index (χ2v) is 4.20. The third-order valence-electron chi connectivity index (χ3n) is 1.33. The van der Waals surface area contributed by atoms with Gasteiger partial charge in [-0.05, 0) is 21.2 Å². The number of nitrogens with zero attached hydrogens (tertiary/aromatic N) is 1. The van der Waals surface area contributed by atoms with Gasteiger partial charge in [-0.2, -0.15) is 0 Å². The number of hydrogen-bond donors (Lipinski definition) is 0. The van der Waals surface area contributed by atoms with Crippen LogP contribution in [0.25, 0.3) is 10.2 Å². The summed E-state index contributed by atoms with van der Waals surface area (Å²) in [5, 5.41) is 0.706. The Balaban J connectivity index is 2.82. The zero-order chi connectivity index (χ0) is 7.84. The van der Waals surface area contributed by atoms with Crippen molar-refractivity contribution in [3.05, 3.63) is 23.2 Å². The van der Waals surface area contributed by atoms with Crippen molar-refractivity contribution in [2.24, 2.45) is 0 Å². The number of rotatable bonds is 0. The molecule has 0 N–H and O–H groups in total. The normalized spacial score (nSPS) is 10.6. The maximum absolute atomic E-state index is 5.76. The summed E-state index contributed by atoms with van der Waals surface area (Å²) < 4.78 is 1.77. The number of benzene rings is 1. The van der Waals surface area contributed by atoms with E-state index in [2.05, 4.69) is 4.98 Å². The van der Waals surface area contributed by atoms with E-state index in [1.165, 1.54) is 11.3 Å². The predicted octanol–water partition coefficient (Wildman–Crippen LogP) is 2.86. The lowest BCUT2D eigenvalue weighted by molar-refractivity contribution is 1.31. The molecule has 0 aliphatic heterocycles. The van der Waals surface area contributed by atoms with Crippen molar-refractivity contribution in [2.75, 3.05) is 0 Å². The fourth-order valence-corrected chi connectivity index (χ4v) is 2.09. The highest BCUT2D eigenvalue weighted by Crippen LogP contribution is 2.24. The zero-order valence-electron chi connectivity index (χ0n) is 5.37. The molecule has 0 saturated carbocycles. The highest BCUT2D eigenvalue weighted by atomic mass is 35.5. The molecule has 1 aromatic heterocycles. The summed E-state index contributed by atoms with van der Waals surface area (Å²) in [6.45, 7) is 0. The second kappa shape index (κ2) is 2.59. The van der Waals surface area contributed by atoms with Crippen molar-refractivity contribution >= 4 is 45.8 Å². The number of halogens is 1. The van der Waals surface area contributed by atoms with E-state index in [1.807, 2.05) is 18.2 Å². The van der Waals surface area contributed by atoms with Gasteiger partial charge in [-0.3, -0.25) is 4.98 Å². The minimum atomic E-state index is 0.669. The molecule has 0 aliphatic rings. The molecule has 11 heavy (non-hydrogen) atoms. The Morgan fingerprint density at radius 2 is 2.27 bits per heavy atom. The van der Waals surface area contributed by atoms with E-state index >= 15 is 0 Å². The van der Waals surface area contributed by atoms with Gasteiger partial charge < -0.3 is 24.0 Å². The molecule has 1 heterocycles. The van der Waals surface area contributed by atoms with Crippen LogP contribution in [-0.4, -0.2) is 4.98 Å². The Bertz CT molecular complexity index is 396. The van der Waals surface area contributed by atoms with Crippen LogP contribution >= 0.6 is 22.9 Å². The van der Waals surface area contributed by atoms with E-state index in [-0.39, 0.29) is 0 Å². The van der Waals surface area contributed by atoms with Crippen molar-refractivity contribution < 1.29 is 0 Å². The molecule has 0 amide bonds. The van der Waals surface area contributed by atoms with Crippen LogP contribution < -0.4 is 0 Å². The predicted molar refractivity (Wildman–Crippen MR) is 50.3 cm³/mol. The van der Waals surface area contributed by atoms with E-state index in [0.29, 0.717) is 9.36 Å². The van der Waals surface area contributed by atoms with Gasteiger partial charge in [0.05, 0.1) is 5.52 Å². The standard InChI is InChI=1S/C7H4ClNS2/c8-4-1-2-6-5(3-4)9-7(10)11-6/h1-3H,(H,9,10)/p-1. The molecule has 0 aliphatic carbocycles. The van der Waals surface area contributed by atoms with Crippen molar-refractivity contribution in [3.63, 3.8) is 0 Å². The third-order valence-corrected chi connectivity index (χ3v) is 2.74. The average molecular weight is 201 g/mol. The van der Waals surface area contributed by atoms with Crippen LogP contribution in [0.2, 0.25) is 5.02 Å². The summed E-state index contributed by atoms with van der Waals surface area (Å²) in [7, 11) is 0. The van der Waals surface area contributed by atoms with Crippen LogP contribution in [-0.2, 0) is 12.6 Å². The van der Waals surface area contributed by atoms with Crippen molar-refractivity contribution in [1.29, 1.82) is 0 Å². The van der Waals surface area contributed by atoms with Gasteiger partial charge in [-0.25, -0.2) is 0 Å². The van der Waals surface area contributed by atoms with Gasteiger partial charge in [0.1, 0.15) is 0 Å². The molecular weight excluding hydrogens is 198 g/mol. The number of thiazole rings is 1. The quantitative estimate of drug-likeness (QED) is 0.607. The van der Waals surface area contributed by atoms with E-state index in [4.69, 9.17) is 24.2 Å². The minimum absolute atomic E-state index is 0.669. The summed E-state index contributed by atoms with van der Waals surface area (Å²) in [5.41, 5.74) is 0.896. The summed E-state index contributed by atoms with van der Waals surface area (Å²) in [6, 6.07) is 5.60. The molecule has 1 aromatic carbocycles. The Labute approximate surface area is 78.4 Å². The van der Waals surface area contributed by atoms with Crippen LogP contribution in [0.5, 0.6) is 0 Å². The summed E-state index contributed by atoms with van der Waals surface area (Å²) in [5.74, 6) is 0. The topological polar surface area (TPSA) is 12.9 Å². The molecule has 0 spiro atoms. The smallest absolute Gasteiger partial charge is 0.0615 e. The van der Waals surface area contributed by atoms with E-state index in [0.717, 1.165) is 10.2 Å². The summed E-state index contributed by atoms with van der Waals surface area (Å²) in [4.78, 5) is 4.12. The Hall–Kier alpha value is -0.380. The first-order valence-corrected chi connectivity index (χ1v) is 4.59. The fraction of sp³-hybridized carbons (Fsp3) is 0. The van der Waals surface area contributed by atoms with Gasteiger partial charge in [0.2, 0.25) is 0 Å². The zero-order valence-corrected chi connectivity index (χ0v) is 7.76. The van der Waals surface area contributed by atoms with Gasteiger partial charge in [0.15, 0.2) is 0 Å². The first kappa shape index (κ1) is 7.28. The van der Waals surface area contributed by atoms with E-state index < -0.39 is 0 Å². The van der Waals surface area contributed by atoms with Crippen molar-refractivity contribution in [1.82, 2.24) is 4.98 Å². The highest BCUT2D eigenvalue weighted by Gasteiger charge is 1.92. The molecule has 2 rings (SSSR count). The second-order valence-electron chi connectivity index (χ2n) is 2.09. The Morgan fingerprint density at radius 1 is 1.45 bits per heavy atom.